The van der Waals surface area contributed by atoms with Crippen molar-refractivity contribution in [2.45, 2.75) is 19.8 Å². The van der Waals surface area contributed by atoms with Crippen molar-refractivity contribution in [1.29, 1.82) is 0 Å². The lowest BCUT2D eigenvalue weighted by Crippen LogP contribution is -2.40. The van der Waals surface area contributed by atoms with Crippen molar-refractivity contribution in [3.63, 3.8) is 0 Å². The molecule has 3 rings (SSSR count). The van der Waals surface area contributed by atoms with Gasteiger partial charge in [0.2, 0.25) is 0 Å². The normalized spacial score (nSPS) is 16.9. The van der Waals surface area contributed by atoms with E-state index in [1.807, 2.05) is 25.1 Å². The molecule has 5 nitrogen and oxygen atoms in total. The van der Waals surface area contributed by atoms with Crippen LogP contribution in [0.25, 0.3) is 0 Å². The van der Waals surface area contributed by atoms with Gasteiger partial charge in [-0.05, 0) is 71.4 Å². The van der Waals surface area contributed by atoms with Crippen molar-refractivity contribution >= 4 is 33.4 Å². The van der Waals surface area contributed by atoms with E-state index in [9.17, 15) is 14.7 Å². The second-order valence-corrected chi connectivity index (χ2v) is 7.76. The summed E-state index contributed by atoms with van der Waals surface area (Å²) in [6.07, 6.45) is 1.84. The van der Waals surface area contributed by atoms with Gasteiger partial charge in [0.25, 0.3) is 11.8 Å². The summed E-state index contributed by atoms with van der Waals surface area (Å²) in [5.41, 5.74) is 2.57. The summed E-state index contributed by atoms with van der Waals surface area (Å²) >= 11 is 3.42. The predicted octanol–water partition coefficient (Wildman–Crippen LogP) is 3.85. The Balaban J connectivity index is 1.75. The third-order valence-electron chi connectivity index (χ3n) is 4.88. The standard InChI is InChI=1S/C21H23BrN2O3/c1-14-5-2-9-18(22)19(14)20(26)23-17-8-3-7-16(11-17)21(27)24-10-4-6-15(12-24)13-25/h2-3,5,7-9,11,15,25H,4,6,10,12-13H2,1H3,(H,23,26)/t15-/m0/s1. The van der Waals surface area contributed by atoms with Gasteiger partial charge in [-0.15, -0.1) is 0 Å². The second-order valence-electron chi connectivity index (χ2n) is 6.91. The molecule has 2 aromatic rings. The van der Waals surface area contributed by atoms with Crippen LogP contribution < -0.4 is 5.32 Å². The minimum Gasteiger partial charge on any atom is -0.396 e. The maximum absolute atomic E-state index is 12.8. The van der Waals surface area contributed by atoms with E-state index < -0.39 is 0 Å². The first-order valence-corrected chi connectivity index (χ1v) is 9.85. The van der Waals surface area contributed by atoms with Gasteiger partial charge in [-0.1, -0.05) is 18.2 Å². The molecule has 2 amide bonds. The van der Waals surface area contributed by atoms with E-state index in [0.717, 1.165) is 22.9 Å². The number of nitrogens with one attached hydrogen (secondary N) is 1. The summed E-state index contributed by atoms with van der Waals surface area (Å²) in [6, 6.07) is 12.6. The molecule has 1 saturated heterocycles. The van der Waals surface area contributed by atoms with Crippen LogP contribution in [0.5, 0.6) is 0 Å². The van der Waals surface area contributed by atoms with Gasteiger partial charge in [0.15, 0.2) is 0 Å². The molecule has 0 unspecified atom stereocenters. The van der Waals surface area contributed by atoms with Crippen LogP contribution in [-0.2, 0) is 0 Å². The Morgan fingerprint density at radius 1 is 1.26 bits per heavy atom. The van der Waals surface area contributed by atoms with E-state index in [4.69, 9.17) is 0 Å². The Hall–Kier alpha value is -2.18. The Bertz CT molecular complexity index is 833. The quantitative estimate of drug-likeness (QED) is 0.773. The zero-order valence-corrected chi connectivity index (χ0v) is 16.8. The number of amides is 2. The lowest BCUT2D eigenvalue weighted by atomic mass is 9.98. The number of hydrogen-bond donors (Lipinski definition) is 2. The number of carbonyl (C=O) groups is 2. The largest absolute Gasteiger partial charge is 0.396 e. The molecule has 27 heavy (non-hydrogen) atoms. The smallest absolute Gasteiger partial charge is 0.257 e. The van der Waals surface area contributed by atoms with Crippen molar-refractivity contribution in [3.8, 4) is 0 Å². The highest BCUT2D eigenvalue weighted by molar-refractivity contribution is 9.10. The van der Waals surface area contributed by atoms with Crippen molar-refractivity contribution in [2.75, 3.05) is 25.0 Å². The summed E-state index contributed by atoms with van der Waals surface area (Å²) < 4.78 is 0.732. The van der Waals surface area contributed by atoms with Gasteiger partial charge in [-0.2, -0.15) is 0 Å². The highest BCUT2D eigenvalue weighted by Crippen LogP contribution is 2.23. The Morgan fingerprint density at radius 3 is 2.78 bits per heavy atom. The first-order chi connectivity index (χ1) is 13.0. The molecule has 6 heteroatoms. The number of carbonyl (C=O) groups excluding carboxylic acids is 2. The molecule has 1 atom stereocenters. The third kappa shape index (κ3) is 4.57. The zero-order valence-electron chi connectivity index (χ0n) is 15.2. The molecule has 1 heterocycles. The Kier molecular flexibility index (Phi) is 6.29. The van der Waals surface area contributed by atoms with Crippen molar-refractivity contribution in [1.82, 2.24) is 4.90 Å². The highest BCUT2D eigenvalue weighted by Gasteiger charge is 2.24. The van der Waals surface area contributed by atoms with Crippen LogP contribution in [-0.4, -0.2) is 41.5 Å². The van der Waals surface area contributed by atoms with Gasteiger partial charge in [0.1, 0.15) is 0 Å². The first-order valence-electron chi connectivity index (χ1n) is 9.06. The number of piperidine rings is 1. The topological polar surface area (TPSA) is 69.6 Å². The predicted molar refractivity (Wildman–Crippen MR) is 109 cm³/mol. The number of benzene rings is 2. The maximum Gasteiger partial charge on any atom is 0.257 e. The molecule has 0 aromatic heterocycles. The van der Waals surface area contributed by atoms with Gasteiger partial charge < -0.3 is 15.3 Å². The molecule has 0 radical (unpaired) electrons. The van der Waals surface area contributed by atoms with E-state index in [-0.39, 0.29) is 24.3 Å². The fraction of sp³-hybridized carbons (Fsp3) is 0.333. The molecule has 2 aromatic carbocycles. The van der Waals surface area contributed by atoms with Gasteiger partial charge in [-0.25, -0.2) is 0 Å². The lowest BCUT2D eigenvalue weighted by molar-refractivity contribution is 0.0620. The monoisotopic (exact) mass is 430 g/mol. The molecule has 0 spiro atoms. The van der Waals surface area contributed by atoms with Gasteiger partial charge >= 0.3 is 0 Å². The van der Waals surface area contributed by atoms with Gasteiger partial charge in [-0.3, -0.25) is 9.59 Å². The number of rotatable bonds is 4. The van der Waals surface area contributed by atoms with Crippen LogP contribution >= 0.6 is 15.9 Å². The number of aryl methyl sites for hydroxylation is 1. The Morgan fingerprint density at radius 2 is 2.04 bits per heavy atom. The van der Waals surface area contributed by atoms with Crippen LogP contribution in [0.1, 0.15) is 39.1 Å². The van der Waals surface area contributed by atoms with Crippen molar-refractivity contribution in [3.05, 3.63) is 63.6 Å². The van der Waals surface area contributed by atoms with Crippen LogP contribution in [0.15, 0.2) is 46.9 Å². The number of likely N-dealkylation sites (tertiary alicyclic amines) is 1. The van der Waals surface area contributed by atoms with Crippen LogP contribution in [0, 0.1) is 12.8 Å². The summed E-state index contributed by atoms with van der Waals surface area (Å²) in [5.74, 6) is -0.145. The summed E-state index contributed by atoms with van der Waals surface area (Å²) in [6.45, 7) is 3.25. The minimum atomic E-state index is -0.220. The molecule has 1 aliphatic rings. The maximum atomic E-state index is 12.8. The molecular formula is C21H23BrN2O3. The second kappa shape index (κ2) is 8.67. The highest BCUT2D eigenvalue weighted by atomic mass is 79.9. The van der Waals surface area contributed by atoms with Crippen LogP contribution in [0.4, 0.5) is 5.69 Å². The zero-order chi connectivity index (χ0) is 19.4. The molecule has 1 fully saturated rings. The Labute approximate surface area is 167 Å². The number of hydrogen-bond acceptors (Lipinski definition) is 3. The molecule has 2 N–H and O–H groups in total. The average molecular weight is 431 g/mol. The SMILES string of the molecule is Cc1cccc(Br)c1C(=O)Nc1cccc(C(=O)N2CCC[C@H](CO)C2)c1. The average Bonchev–Trinajstić information content (AvgIpc) is 2.67. The fourth-order valence-electron chi connectivity index (χ4n) is 3.42. The molecule has 142 valence electrons. The van der Waals surface area contributed by atoms with E-state index in [0.29, 0.717) is 29.9 Å². The van der Waals surface area contributed by atoms with Crippen molar-refractivity contribution in [2.24, 2.45) is 5.92 Å². The molecule has 1 aliphatic heterocycles. The number of nitrogens with zero attached hydrogens (tertiary/aromatic N) is 1. The molecular weight excluding hydrogens is 408 g/mol. The number of anilines is 1. The molecule has 0 saturated carbocycles. The van der Waals surface area contributed by atoms with Crippen molar-refractivity contribution < 1.29 is 14.7 Å². The van der Waals surface area contributed by atoms with Gasteiger partial charge in [0.05, 0.1) is 5.56 Å². The molecule has 0 bridgehead atoms. The van der Waals surface area contributed by atoms with E-state index in [2.05, 4.69) is 21.2 Å². The van der Waals surface area contributed by atoms with E-state index in [1.165, 1.54) is 0 Å². The van der Waals surface area contributed by atoms with E-state index >= 15 is 0 Å². The van der Waals surface area contributed by atoms with Crippen LogP contribution in [0.2, 0.25) is 0 Å². The first kappa shape index (κ1) is 19.6. The summed E-state index contributed by atoms with van der Waals surface area (Å²) in [4.78, 5) is 27.2. The lowest BCUT2D eigenvalue weighted by Gasteiger charge is -2.32. The minimum absolute atomic E-state index is 0.0682. The number of aliphatic hydroxyl groups is 1. The van der Waals surface area contributed by atoms with Crippen LogP contribution in [0.3, 0.4) is 0 Å². The number of aliphatic hydroxyl groups excluding tert-OH is 1. The third-order valence-corrected chi connectivity index (χ3v) is 5.54. The molecule has 0 aliphatic carbocycles. The van der Waals surface area contributed by atoms with E-state index in [1.54, 1.807) is 29.2 Å². The van der Waals surface area contributed by atoms with Gasteiger partial charge in [0, 0.05) is 35.4 Å². The summed E-state index contributed by atoms with van der Waals surface area (Å²) in [7, 11) is 0. The number of halogens is 1. The summed E-state index contributed by atoms with van der Waals surface area (Å²) in [5, 5.41) is 12.2. The fourth-order valence-corrected chi connectivity index (χ4v) is 4.07.